The number of likely N-dealkylation sites (tertiary alicyclic amines) is 1. The molecule has 0 aromatic rings. The zero-order valence-corrected chi connectivity index (χ0v) is 17.0. The van der Waals surface area contributed by atoms with Gasteiger partial charge in [0.25, 0.3) is 0 Å². The molecule has 0 bridgehead atoms. The van der Waals surface area contributed by atoms with Gasteiger partial charge < -0.3 is 10.6 Å². The van der Waals surface area contributed by atoms with E-state index in [2.05, 4.69) is 21.9 Å². The highest BCUT2D eigenvalue weighted by atomic mass is 127. The largest absolute Gasteiger partial charge is 0.355 e. The minimum Gasteiger partial charge on any atom is -0.355 e. The molecule has 2 fully saturated rings. The van der Waals surface area contributed by atoms with Crippen LogP contribution < -0.4 is 10.6 Å². The second kappa shape index (κ2) is 10.4. The highest BCUT2D eigenvalue weighted by Gasteiger charge is 2.26. The average Bonchev–Trinajstić information content (AvgIpc) is 2.96. The Labute approximate surface area is 159 Å². The molecule has 2 N–H and O–H groups in total. The van der Waals surface area contributed by atoms with Crippen molar-refractivity contribution in [3.8, 4) is 0 Å². The normalized spacial score (nSPS) is 25.3. The Morgan fingerprint density at radius 2 is 2.00 bits per heavy atom. The highest BCUT2D eigenvalue weighted by molar-refractivity contribution is 14.0. The van der Waals surface area contributed by atoms with E-state index < -0.39 is 0 Å². The van der Waals surface area contributed by atoms with Crippen molar-refractivity contribution >= 4 is 53.5 Å². The summed E-state index contributed by atoms with van der Waals surface area (Å²) in [5, 5.41) is 7.37. The third kappa shape index (κ3) is 6.13. The lowest BCUT2D eigenvalue weighted by Gasteiger charge is -2.25. The predicted octanol–water partition coefficient (Wildman–Crippen LogP) is 1.59. The third-order valence-electron chi connectivity index (χ3n) is 4.29. The van der Waals surface area contributed by atoms with Crippen LogP contribution in [0.5, 0.6) is 0 Å². The van der Waals surface area contributed by atoms with E-state index in [9.17, 15) is 9.59 Å². The van der Waals surface area contributed by atoms with Crippen molar-refractivity contribution in [2.45, 2.75) is 49.8 Å². The van der Waals surface area contributed by atoms with E-state index in [1.54, 1.807) is 7.05 Å². The van der Waals surface area contributed by atoms with E-state index in [1.165, 1.54) is 11.3 Å². The summed E-state index contributed by atoms with van der Waals surface area (Å²) in [5.74, 6) is 0.642. The quantitative estimate of drug-likeness (QED) is 0.286. The lowest BCUT2D eigenvalue weighted by atomic mass is 10.1. The van der Waals surface area contributed by atoms with Crippen LogP contribution >= 0.6 is 35.7 Å². The second-order valence-electron chi connectivity index (χ2n) is 5.80. The first-order valence-corrected chi connectivity index (χ1v) is 9.26. The maximum Gasteiger partial charge on any atom is 0.229 e. The first-order valence-electron chi connectivity index (χ1n) is 7.97. The molecule has 8 heteroatoms. The van der Waals surface area contributed by atoms with Gasteiger partial charge in [-0.3, -0.25) is 19.5 Å². The van der Waals surface area contributed by atoms with E-state index in [1.807, 2.05) is 11.8 Å². The number of carbonyl (C=O) groups excluding carboxylic acids is 2. The van der Waals surface area contributed by atoms with Gasteiger partial charge in [0, 0.05) is 44.3 Å². The van der Waals surface area contributed by atoms with E-state index in [4.69, 9.17) is 0 Å². The summed E-state index contributed by atoms with van der Waals surface area (Å²) in [5.41, 5.74) is 0. The van der Waals surface area contributed by atoms with E-state index in [0.29, 0.717) is 38.4 Å². The standard InChI is InChI=1S/C15H26N4O2S.HI/c1-16-15(18-11-6-7-12(10-11)22-2)17-8-9-19-13(20)4-3-5-14(19)21;/h11-12H,3-10H2,1-2H3,(H2,16,17,18);1H. The van der Waals surface area contributed by atoms with Gasteiger partial charge in [-0.1, -0.05) is 0 Å². The van der Waals surface area contributed by atoms with Crippen LogP contribution in [0.2, 0.25) is 0 Å². The summed E-state index contributed by atoms with van der Waals surface area (Å²) in [4.78, 5) is 29.0. The number of nitrogens with one attached hydrogen (secondary N) is 2. The van der Waals surface area contributed by atoms with Crippen molar-refractivity contribution in [2.24, 2.45) is 4.99 Å². The van der Waals surface area contributed by atoms with Crippen molar-refractivity contribution in [1.29, 1.82) is 0 Å². The smallest absolute Gasteiger partial charge is 0.229 e. The van der Waals surface area contributed by atoms with E-state index in [0.717, 1.165) is 24.1 Å². The minimum atomic E-state index is -0.0559. The third-order valence-corrected chi connectivity index (χ3v) is 5.39. The van der Waals surface area contributed by atoms with Gasteiger partial charge in [-0.25, -0.2) is 0 Å². The van der Waals surface area contributed by atoms with Crippen LogP contribution in [0.1, 0.15) is 38.5 Å². The minimum absolute atomic E-state index is 0. The van der Waals surface area contributed by atoms with Crippen molar-refractivity contribution in [1.82, 2.24) is 15.5 Å². The molecule has 1 saturated heterocycles. The van der Waals surface area contributed by atoms with Crippen LogP contribution in [-0.2, 0) is 9.59 Å². The Morgan fingerprint density at radius 3 is 2.57 bits per heavy atom. The van der Waals surface area contributed by atoms with Gasteiger partial charge in [0.05, 0.1) is 0 Å². The number of aliphatic imine (C=N–C) groups is 1. The molecule has 1 saturated carbocycles. The molecule has 2 unspecified atom stereocenters. The van der Waals surface area contributed by atoms with Gasteiger partial charge in [-0.05, 0) is 31.9 Å². The molecule has 2 rings (SSSR count). The fraction of sp³-hybridized carbons (Fsp3) is 0.800. The van der Waals surface area contributed by atoms with Gasteiger partial charge in [0.2, 0.25) is 11.8 Å². The SMILES string of the molecule is CN=C(NCCN1C(=O)CCCC1=O)NC1CCC(SC)C1.I. The molecule has 0 radical (unpaired) electrons. The molecule has 0 aromatic carbocycles. The second-order valence-corrected chi connectivity index (χ2v) is 6.94. The number of amides is 2. The Balaban J connectivity index is 0.00000264. The van der Waals surface area contributed by atoms with Crippen LogP contribution in [0.25, 0.3) is 0 Å². The van der Waals surface area contributed by atoms with Crippen molar-refractivity contribution in [3.05, 3.63) is 0 Å². The number of thioether (sulfide) groups is 1. The fourth-order valence-electron chi connectivity index (χ4n) is 3.01. The Morgan fingerprint density at radius 1 is 1.30 bits per heavy atom. The summed E-state index contributed by atoms with van der Waals surface area (Å²) < 4.78 is 0. The Hall–Kier alpha value is -0.510. The maximum absolute atomic E-state index is 11.7. The molecule has 2 aliphatic rings. The summed E-state index contributed by atoms with van der Waals surface area (Å²) >= 11 is 1.93. The van der Waals surface area contributed by atoms with Gasteiger partial charge in [-0.2, -0.15) is 11.8 Å². The number of imide groups is 1. The van der Waals surface area contributed by atoms with Crippen LogP contribution in [0.4, 0.5) is 0 Å². The van der Waals surface area contributed by atoms with Gasteiger partial charge >= 0.3 is 0 Å². The number of hydrogen-bond donors (Lipinski definition) is 2. The first kappa shape index (κ1) is 20.5. The Bertz CT molecular complexity index is 431. The van der Waals surface area contributed by atoms with Crippen molar-refractivity contribution < 1.29 is 9.59 Å². The molecule has 1 aliphatic carbocycles. The molecule has 0 aromatic heterocycles. The zero-order valence-electron chi connectivity index (χ0n) is 13.8. The fourth-order valence-corrected chi connectivity index (χ4v) is 3.81. The van der Waals surface area contributed by atoms with E-state index >= 15 is 0 Å². The van der Waals surface area contributed by atoms with Crippen molar-refractivity contribution in [2.75, 3.05) is 26.4 Å². The summed E-state index contributed by atoms with van der Waals surface area (Å²) in [7, 11) is 1.74. The number of rotatable bonds is 5. The van der Waals surface area contributed by atoms with Gasteiger partial charge in [0.15, 0.2) is 5.96 Å². The average molecular weight is 454 g/mol. The zero-order chi connectivity index (χ0) is 15.9. The molecule has 2 atom stereocenters. The molecule has 132 valence electrons. The highest BCUT2D eigenvalue weighted by Crippen LogP contribution is 2.27. The van der Waals surface area contributed by atoms with Crippen LogP contribution in [0.15, 0.2) is 4.99 Å². The number of nitrogens with zero attached hydrogens (tertiary/aromatic N) is 2. The predicted molar refractivity (Wildman–Crippen MR) is 105 cm³/mol. The van der Waals surface area contributed by atoms with E-state index in [-0.39, 0.29) is 35.8 Å². The number of halogens is 1. The molecule has 0 spiro atoms. The molecular formula is C15H27IN4O2S. The first-order chi connectivity index (χ1) is 10.6. The lowest BCUT2D eigenvalue weighted by Crippen LogP contribution is -2.48. The number of hydrogen-bond acceptors (Lipinski definition) is 4. The summed E-state index contributed by atoms with van der Waals surface area (Å²) in [6, 6.07) is 0.460. The van der Waals surface area contributed by atoms with Gasteiger partial charge in [0.1, 0.15) is 0 Å². The van der Waals surface area contributed by atoms with Crippen LogP contribution in [0, 0.1) is 0 Å². The molecule has 2 amide bonds. The molecule has 23 heavy (non-hydrogen) atoms. The number of guanidine groups is 1. The maximum atomic E-state index is 11.7. The van der Waals surface area contributed by atoms with Crippen LogP contribution in [-0.4, -0.2) is 60.4 Å². The monoisotopic (exact) mass is 454 g/mol. The lowest BCUT2D eigenvalue weighted by molar-refractivity contribution is -0.147. The topological polar surface area (TPSA) is 73.8 Å². The van der Waals surface area contributed by atoms with Crippen LogP contribution in [0.3, 0.4) is 0 Å². The summed E-state index contributed by atoms with van der Waals surface area (Å²) in [6.45, 7) is 0.951. The molecule has 6 nitrogen and oxygen atoms in total. The van der Waals surface area contributed by atoms with Crippen molar-refractivity contribution in [3.63, 3.8) is 0 Å². The molecule has 1 aliphatic heterocycles. The number of piperidine rings is 1. The molecule has 1 heterocycles. The Kier molecular flexibility index (Phi) is 9.26. The summed E-state index contributed by atoms with van der Waals surface area (Å²) in [6.07, 6.45) is 7.37. The van der Waals surface area contributed by atoms with Gasteiger partial charge in [-0.15, -0.1) is 24.0 Å². The number of carbonyl (C=O) groups is 2. The molecular weight excluding hydrogens is 427 g/mol.